The molecule has 0 saturated heterocycles. The van der Waals surface area contributed by atoms with Crippen molar-refractivity contribution >= 4 is 11.9 Å². The molecule has 0 spiro atoms. The quantitative estimate of drug-likeness (QED) is 0.667. The SMILES string of the molecule is COC(=O)C1(C(=O)OC)CC(c2ccc(F)cc2)C(C#N)=C1N. The van der Waals surface area contributed by atoms with E-state index in [1.165, 1.54) is 24.3 Å². The molecular weight excluding hydrogens is 303 g/mol. The van der Waals surface area contributed by atoms with Crippen molar-refractivity contribution in [1.82, 2.24) is 0 Å². The molecule has 23 heavy (non-hydrogen) atoms. The molecule has 0 aromatic heterocycles. The molecule has 0 radical (unpaired) electrons. The normalized spacial score (nSPS) is 19.1. The molecule has 2 rings (SSSR count). The van der Waals surface area contributed by atoms with E-state index < -0.39 is 29.1 Å². The smallest absolute Gasteiger partial charge is 0.329 e. The van der Waals surface area contributed by atoms with Crippen LogP contribution < -0.4 is 5.73 Å². The third-order valence-corrected chi connectivity index (χ3v) is 4.07. The Bertz CT molecular complexity index is 703. The first-order valence-electron chi connectivity index (χ1n) is 6.74. The number of allylic oxidation sites excluding steroid dienone is 1. The molecule has 1 aromatic rings. The van der Waals surface area contributed by atoms with E-state index in [4.69, 9.17) is 15.2 Å². The Morgan fingerprint density at radius 1 is 1.26 bits per heavy atom. The van der Waals surface area contributed by atoms with E-state index in [1.54, 1.807) is 0 Å². The van der Waals surface area contributed by atoms with Crippen LogP contribution in [0.3, 0.4) is 0 Å². The fourth-order valence-corrected chi connectivity index (χ4v) is 2.87. The summed E-state index contributed by atoms with van der Waals surface area (Å²) < 4.78 is 22.5. The van der Waals surface area contributed by atoms with Gasteiger partial charge in [-0.25, -0.2) is 4.39 Å². The van der Waals surface area contributed by atoms with Crippen LogP contribution in [-0.2, 0) is 19.1 Å². The summed E-state index contributed by atoms with van der Waals surface area (Å²) in [6.45, 7) is 0. The first kappa shape index (κ1) is 16.5. The predicted molar refractivity (Wildman–Crippen MR) is 77.0 cm³/mol. The zero-order valence-electron chi connectivity index (χ0n) is 12.6. The summed E-state index contributed by atoms with van der Waals surface area (Å²) in [5.41, 5.74) is 4.55. The number of nitrogens with two attached hydrogens (primary N) is 1. The monoisotopic (exact) mass is 318 g/mol. The lowest BCUT2D eigenvalue weighted by molar-refractivity contribution is -0.166. The van der Waals surface area contributed by atoms with Gasteiger partial charge in [-0.1, -0.05) is 12.1 Å². The molecule has 6 nitrogen and oxygen atoms in total. The van der Waals surface area contributed by atoms with Crippen LogP contribution in [0.25, 0.3) is 0 Å². The average Bonchev–Trinajstić information content (AvgIpc) is 2.87. The number of hydrogen-bond donors (Lipinski definition) is 1. The van der Waals surface area contributed by atoms with Crippen molar-refractivity contribution in [3.05, 3.63) is 46.9 Å². The van der Waals surface area contributed by atoms with Crippen molar-refractivity contribution in [2.45, 2.75) is 12.3 Å². The molecule has 1 aromatic carbocycles. The van der Waals surface area contributed by atoms with E-state index in [0.29, 0.717) is 5.56 Å². The van der Waals surface area contributed by atoms with Crippen molar-refractivity contribution in [1.29, 1.82) is 5.26 Å². The first-order valence-corrected chi connectivity index (χ1v) is 6.74. The molecule has 0 fully saturated rings. The number of carbonyl (C=O) groups is 2. The second-order valence-corrected chi connectivity index (χ2v) is 5.14. The summed E-state index contributed by atoms with van der Waals surface area (Å²) in [6, 6.07) is 7.36. The van der Waals surface area contributed by atoms with Gasteiger partial charge in [0.05, 0.1) is 31.6 Å². The minimum Gasteiger partial charge on any atom is -0.468 e. The van der Waals surface area contributed by atoms with Gasteiger partial charge in [0.25, 0.3) is 0 Å². The number of methoxy groups -OCH3 is 2. The first-order chi connectivity index (χ1) is 10.9. The summed E-state index contributed by atoms with van der Waals surface area (Å²) in [5, 5.41) is 9.40. The van der Waals surface area contributed by atoms with E-state index in [-0.39, 0.29) is 17.7 Å². The number of rotatable bonds is 3. The van der Waals surface area contributed by atoms with Crippen LogP contribution >= 0.6 is 0 Å². The van der Waals surface area contributed by atoms with E-state index in [0.717, 1.165) is 14.2 Å². The average molecular weight is 318 g/mol. The Kier molecular flexibility index (Phi) is 4.36. The number of nitrogens with zero attached hydrogens (tertiary/aromatic N) is 1. The standard InChI is InChI=1S/C16H15FN2O4/c1-22-14(20)16(15(21)23-2)7-11(12(8-18)13(16)19)9-3-5-10(17)6-4-9/h3-6,11H,7,19H2,1-2H3. The van der Waals surface area contributed by atoms with Crippen molar-refractivity contribution in [3.8, 4) is 6.07 Å². The Labute approximate surface area is 132 Å². The molecule has 1 aliphatic rings. The van der Waals surface area contributed by atoms with Gasteiger partial charge in [0.15, 0.2) is 0 Å². The van der Waals surface area contributed by atoms with Crippen LogP contribution in [0.2, 0.25) is 0 Å². The molecule has 0 heterocycles. The largest absolute Gasteiger partial charge is 0.468 e. The van der Waals surface area contributed by atoms with Gasteiger partial charge < -0.3 is 15.2 Å². The molecule has 120 valence electrons. The van der Waals surface area contributed by atoms with Gasteiger partial charge in [0.2, 0.25) is 5.41 Å². The lowest BCUT2D eigenvalue weighted by Crippen LogP contribution is -2.43. The summed E-state index contributed by atoms with van der Waals surface area (Å²) in [6.07, 6.45) is -0.104. The molecular formula is C16H15FN2O4. The third kappa shape index (κ3) is 2.42. The summed E-state index contributed by atoms with van der Waals surface area (Å²) in [5.74, 6) is -2.84. The van der Waals surface area contributed by atoms with Gasteiger partial charge in [0.1, 0.15) is 5.82 Å². The van der Waals surface area contributed by atoms with Crippen molar-refractivity contribution in [3.63, 3.8) is 0 Å². The molecule has 0 amide bonds. The number of halogens is 1. The minimum absolute atomic E-state index is 0.0763. The van der Waals surface area contributed by atoms with Crippen LogP contribution in [-0.4, -0.2) is 26.2 Å². The van der Waals surface area contributed by atoms with E-state index in [9.17, 15) is 19.2 Å². The van der Waals surface area contributed by atoms with Crippen LogP contribution in [0.15, 0.2) is 35.5 Å². The minimum atomic E-state index is -1.87. The Hall–Kier alpha value is -2.88. The summed E-state index contributed by atoms with van der Waals surface area (Å²) >= 11 is 0. The van der Waals surface area contributed by atoms with Gasteiger partial charge in [-0.3, -0.25) is 9.59 Å². The highest BCUT2D eigenvalue weighted by Crippen LogP contribution is 2.50. The van der Waals surface area contributed by atoms with Crippen LogP contribution in [0.5, 0.6) is 0 Å². The fraction of sp³-hybridized carbons (Fsp3) is 0.312. The maximum absolute atomic E-state index is 13.1. The predicted octanol–water partition coefficient (Wildman–Crippen LogP) is 1.38. The highest BCUT2D eigenvalue weighted by atomic mass is 19.1. The van der Waals surface area contributed by atoms with E-state index >= 15 is 0 Å². The fourth-order valence-electron chi connectivity index (χ4n) is 2.87. The van der Waals surface area contributed by atoms with E-state index in [1.807, 2.05) is 6.07 Å². The number of carbonyl (C=O) groups excluding carboxylic acids is 2. The lowest BCUT2D eigenvalue weighted by Gasteiger charge is -2.25. The van der Waals surface area contributed by atoms with Crippen molar-refractivity contribution < 1.29 is 23.5 Å². The maximum atomic E-state index is 13.1. The van der Waals surface area contributed by atoms with Crippen LogP contribution in [0.4, 0.5) is 4.39 Å². The third-order valence-electron chi connectivity index (χ3n) is 4.07. The molecule has 0 aliphatic heterocycles. The summed E-state index contributed by atoms with van der Waals surface area (Å²) in [7, 11) is 2.25. The highest BCUT2D eigenvalue weighted by molar-refractivity contribution is 6.04. The second kappa shape index (κ2) is 6.08. The number of hydrogen-bond acceptors (Lipinski definition) is 6. The van der Waals surface area contributed by atoms with Gasteiger partial charge >= 0.3 is 11.9 Å². The Balaban J connectivity index is 2.60. The zero-order chi connectivity index (χ0) is 17.2. The second-order valence-electron chi connectivity index (χ2n) is 5.14. The van der Waals surface area contributed by atoms with Crippen molar-refractivity contribution in [2.24, 2.45) is 11.1 Å². The molecule has 1 atom stereocenters. The zero-order valence-corrected chi connectivity index (χ0v) is 12.6. The van der Waals surface area contributed by atoms with Gasteiger partial charge in [-0.2, -0.15) is 5.26 Å². The van der Waals surface area contributed by atoms with Gasteiger partial charge in [0, 0.05) is 5.92 Å². The highest BCUT2D eigenvalue weighted by Gasteiger charge is 2.58. The molecule has 1 aliphatic carbocycles. The maximum Gasteiger partial charge on any atom is 0.329 e. The molecule has 0 bridgehead atoms. The molecule has 2 N–H and O–H groups in total. The van der Waals surface area contributed by atoms with Crippen LogP contribution in [0, 0.1) is 22.6 Å². The topological polar surface area (TPSA) is 102 Å². The molecule has 1 unspecified atom stereocenters. The number of nitriles is 1. The van der Waals surface area contributed by atoms with E-state index in [2.05, 4.69) is 0 Å². The number of esters is 2. The Morgan fingerprint density at radius 2 is 1.78 bits per heavy atom. The van der Waals surface area contributed by atoms with Crippen molar-refractivity contribution in [2.75, 3.05) is 14.2 Å². The summed E-state index contributed by atoms with van der Waals surface area (Å²) in [4.78, 5) is 24.5. The Morgan fingerprint density at radius 3 is 2.22 bits per heavy atom. The number of ether oxygens (including phenoxy) is 2. The van der Waals surface area contributed by atoms with Gasteiger partial charge in [-0.15, -0.1) is 0 Å². The lowest BCUT2D eigenvalue weighted by atomic mass is 9.81. The van der Waals surface area contributed by atoms with Gasteiger partial charge in [-0.05, 0) is 24.1 Å². The molecule has 0 saturated carbocycles. The molecule has 7 heteroatoms. The van der Waals surface area contributed by atoms with Crippen LogP contribution in [0.1, 0.15) is 17.9 Å². The number of benzene rings is 1.